The van der Waals surface area contributed by atoms with Crippen LogP contribution in [0, 0.1) is 5.92 Å². The lowest BCUT2D eigenvalue weighted by molar-refractivity contribution is 0.0440. The molecule has 2 aromatic rings. The number of hydrogen-bond donors (Lipinski definition) is 1. The second kappa shape index (κ2) is 6.04. The van der Waals surface area contributed by atoms with Gasteiger partial charge in [-0.05, 0) is 13.3 Å². The molecule has 0 spiro atoms. The highest BCUT2D eigenvalue weighted by Crippen LogP contribution is 2.28. The van der Waals surface area contributed by atoms with Crippen LogP contribution in [-0.2, 0) is 11.2 Å². The molecule has 1 N–H and O–H groups in total. The fourth-order valence-corrected chi connectivity index (χ4v) is 3.58. The van der Waals surface area contributed by atoms with Crippen LogP contribution in [0.5, 0.6) is 0 Å². The van der Waals surface area contributed by atoms with Crippen molar-refractivity contribution in [2.45, 2.75) is 32.0 Å². The number of hydrogen-bond acceptors (Lipinski definition) is 4. The molecule has 1 fully saturated rings. The predicted octanol–water partition coefficient (Wildman–Crippen LogP) is 3.14. The quantitative estimate of drug-likeness (QED) is 0.940. The van der Waals surface area contributed by atoms with Gasteiger partial charge < -0.3 is 9.84 Å². The van der Waals surface area contributed by atoms with Gasteiger partial charge in [-0.3, -0.25) is 0 Å². The fraction of sp³-hybridized carbons (Fsp3) is 0.438. The van der Waals surface area contributed by atoms with Crippen LogP contribution in [-0.4, -0.2) is 28.9 Å². The van der Waals surface area contributed by atoms with Gasteiger partial charge in [-0.2, -0.15) is 0 Å². The van der Waals surface area contributed by atoms with Gasteiger partial charge in [0.05, 0.1) is 22.9 Å². The Kier molecular flexibility index (Phi) is 4.15. The largest absolute Gasteiger partial charge is 0.392 e. The zero-order valence-corrected chi connectivity index (χ0v) is 12.3. The maximum absolute atomic E-state index is 10.3. The first-order valence-electron chi connectivity index (χ1n) is 7.03. The Labute approximate surface area is 123 Å². The molecule has 0 saturated carbocycles. The van der Waals surface area contributed by atoms with Crippen molar-refractivity contribution in [2.24, 2.45) is 5.92 Å². The molecule has 2 heterocycles. The molecule has 20 heavy (non-hydrogen) atoms. The van der Waals surface area contributed by atoms with Crippen LogP contribution in [0.15, 0.2) is 35.7 Å². The smallest absolute Gasteiger partial charge is 0.0958 e. The summed E-state index contributed by atoms with van der Waals surface area (Å²) in [6, 6.07) is 10.1. The third-order valence-corrected chi connectivity index (χ3v) is 4.81. The summed E-state index contributed by atoms with van der Waals surface area (Å²) in [6.45, 7) is 2.80. The molecule has 0 bridgehead atoms. The maximum atomic E-state index is 10.3. The Hall–Kier alpha value is -1.23. The van der Waals surface area contributed by atoms with Crippen LogP contribution in [0.2, 0.25) is 0 Å². The monoisotopic (exact) mass is 289 g/mol. The van der Waals surface area contributed by atoms with E-state index in [4.69, 9.17) is 4.74 Å². The van der Waals surface area contributed by atoms with Gasteiger partial charge in [0.2, 0.25) is 0 Å². The summed E-state index contributed by atoms with van der Waals surface area (Å²) in [6.07, 6.45) is 1.36. The van der Waals surface area contributed by atoms with E-state index in [2.05, 4.69) is 22.5 Å². The van der Waals surface area contributed by atoms with Crippen LogP contribution >= 0.6 is 11.3 Å². The molecule has 4 heteroatoms. The van der Waals surface area contributed by atoms with Gasteiger partial charge >= 0.3 is 0 Å². The third kappa shape index (κ3) is 2.92. The van der Waals surface area contributed by atoms with Gasteiger partial charge in [-0.25, -0.2) is 4.98 Å². The molecular formula is C16H19NO2S. The lowest BCUT2D eigenvalue weighted by Gasteiger charge is -2.19. The van der Waals surface area contributed by atoms with Gasteiger partial charge in [0, 0.05) is 29.9 Å². The number of benzene rings is 1. The van der Waals surface area contributed by atoms with Crippen LogP contribution in [0.25, 0.3) is 11.3 Å². The van der Waals surface area contributed by atoms with Gasteiger partial charge in [-0.1, -0.05) is 30.3 Å². The summed E-state index contributed by atoms with van der Waals surface area (Å²) in [5, 5.41) is 13.4. The van der Waals surface area contributed by atoms with Crippen molar-refractivity contribution in [2.75, 3.05) is 6.61 Å². The predicted molar refractivity (Wildman–Crippen MR) is 80.8 cm³/mol. The van der Waals surface area contributed by atoms with E-state index in [1.165, 1.54) is 0 Å². The molecule has 1 saturated heterocycles. The molecule has 3 atom stereocenters. The molecule has 3 rings (SSSR count). The highest BCUT2D eigenvalue weighted by Gasteiger charge is 2.31. The summed E-state index contributed by atoms with van der Waals surface area (Å²) < 4.78 is 5.52. The van der Waals surface area contributed by atoms with Crippen LogP contribution in [0.3, 0.4) is 0 Å². The topological polar surface area (TPSA) is 42.4 Å². The number of ether oxygens (including phenoxy) is 1. The standard InChI is InChI=1S/C16H19NO2S/c1-11-13(7-8-19-11)15(18)9-16-17-14(10-20-16)12-5-3-2-4-6-12/h2-6,10-11,13,15,18H,7-9H2,1H3. The highest BCUT2D eigenvalue weighted by atomic mass is 32.1. The summed E-state index contributed by atoms with van der Waals surface area (Å²) in [5.41, 5.74) is 2.12. The molecule has 1 aromatic heterocycles. The SMILES string of the molecule is CC1OCCC1C(O)Cc1nc(-c2ccccc2)cs1. The number of aromatic nitrogens is 1. The molecule has 1 aliphatic heterocycles. The second-order valence-electron chi connectivity index (χ2n) is 5.29. The lowest BCUT2D eigenvalue weighted by atomic mass is 9.94. The Morgan fingerprint density at radius 2 is 2.20 bits per heavy atom. The number of rotatable bonds is 4. The summed E-state index contributed by atoms with van der Waals surface area (Å²) in [5.74, 6) is 0.235. The first-order valence-corrected chi connectivity index (χ1v) is 7.91. The lowest BCUT2D eigenvalue weighted by Crippen LogP contribution is -2.28. The van der Waals surface area contributed by atoms with Gasteiger partial charge in [0.1, 0.15) is 0 Å². The van der Waals surface area contributed by atoms with Crippen molar-refractivity contribution < 1.29 is 9.84 Å². The van der Waals surface area contributed by atoms with Crippen molar-refractivity contribution in [1.82, 2.24) is 4.98 Å². The summed E-state index contributed by atoms with van der Waals surface area (Å²) in [4.78, 5) is 4.63. The first-order chi connectivity index (χ1) is 9.74. The van der Waals surface area contributed by atoms with Crippen molar-refractivity contribution in [3.05, 3.63) is 40.7 Å². The Morgan fingerprint density at radius 1 is 1.40 bits per heavy atom. The fourth-order valence-electron chi connectivity index (χ4n) is 2.73. The Bertz CT molecular complexity index is 555. The van der Waals surface area contributed by atoms with Crippen molar-refractivity contribution in [3.63, 3.8) is 0 Å². The Balaban J connectivity index is 1.68. The van der Waals surface area contributed by atoms with E-state index >= 15 is 0 Å². The maximum Gasteiger partial charge on any atom is 0.0958 e. The van der Waals surface area contributed by atoms with E-state index in [9.17, 15) is 5.11 Å². The molecule has 106 valence electrons. The van der Waals surface area contributed by atoms with E-state index in [1.807, 2.05) is 25.1 Å². The zero-order chi connectivity index (χ0) is 13.9. The minimum atomic E-state index is -0.359. The normalized spacial score (nSPS) is 23.9. The molecular weight excluding hydrogens is 270 g/mol. The van der Waals surface area contributed by atoms with E-state index in [1.54, 1.807) is 11.3 Å². The molecule has 1 aromatic carbocycles. The third-order valence-electron chi connectivity index (χ3n) is 3.93. The Morgan fingerprint density at radius 3 is 2.90 bits per heavy atom. The first kappa shape index (κ1) is 13.7. The van der Waals surface area contributed by atoms with Gasteiger partial charge in [0.25, 0.3) is 0 Å². The van der Waals surface area contributed by atoms with E-state index in [0.29, 0.717) is 6.42 Å². The van der Waals surface area contributed by atoms with Crippen LogP contribution in [0.4, 0.5) is 0 Å². The van der Waals surface area contributed by atoms with Crippen molar-refractivity contribution in [3.8, 4) is 11.3 Å². The highest BCUT2D eigenvalue weighted by molar-refractivity contribution is 7.09. The van der Waals surface area contributed by atoms with Crippen LogP contribution in [0.1, 0.15) is 18.4 Å². The van der Waals surface area contributed by atoms with Crippen LogP contribution < -0.4 is 0 Å². The summed E-state index contributed by atoms with van der Waals surface area (Å²) in [7, 11) is 0. The van der Waals surface area contributed by atoms with E-state index in [-0.39, 0.29) is 18.1 Å². The average Bonchev–Trinajstić information content (AvgIpc) is 3.09. The number of aliphatic hydroxyl groups excluding tert-OH is 1. The van der Waals surface area contributed by atoms with Gasteiger partial charge in [-0.15, -0.1) is 11.3 Å². The average molecular weight is 289 g/mol. The minimum Gasteiger partial charge on any atom is -0.392 e. The summed E-state index contributed by atoms with van der Waals surface area (Å²) >= 11 is 1.62. The number of nitrogens with zero attached hydrogens (tertiary/aromatic N) is 1. The molecule has 0 radical (unpaired) electrons. The minimum absolute atomic E-state index is 0.151. The number of thiazole rings is 1. The molecule has 0 aliphatic carbocycles. The molecule has 0 amide bonds. The van der Waals surface area contributed by atoms with E-state index in [0.717, 1.165) is 29.3 Å². The number of aliphatic hydroxyl groups is 1. The zero-order valence-electron chi connectivity index (χ0n) is 11.5. The van der Waals surface area contributed by atoms with Crippen molar-refractivity contribution >= 4 is 11.3 Å². The van der Waals surface area contributed by atoms with E-state index < -0.39 is 0 Å². The molecule has 3 nitrogen and oxygen atoms in total. The van der Waals surface area contributed by atoms with Gasteiger partial charge in [0.15, 0.2) is 0 Å². The molecule has 3 unspecified atom stereocenters. The second-order valence-corrected chi connectivity index (χ2v) is 6.24. The van der Waals surface area contributed by atoms with Crippen molar-refractivity contribution in [1.29, 1.82) is 0 Å². The molecule has 1 aliphatic rings.